The monoisotopic (exact) mass is 293 g/mol. The maximum absolute atomic E-state index is 12.3. The number of imide groups is 1. The lowest BCUT2D eigenvalue weighted by Gasteiger charge is -2.36. The molecule has 1 saturated heterocycles. The molecule has 1 aromatic heterocycles. The summed E-state index contributed by atoms with van der Waals surface area (Å²) in [6.45, 7) is 0.305. The summed E-state index contributed by atoms with van der Waals surface area (Å²) in [5.74, 6) is 0.445. The Balaban J connectivity index is 1.68. The first-order valence-electron chi connectivity index (χ1n) is 7.25. The lowest BCUT2D eigenvalue weighted by Crippen LogP contribution is -2.46. The van der Waals surface area contributed by atoms with Gasteiger partial charge >= 0.3 is 0 Å². The second-order valence-electron chi connectivity index (χ2n) is 5.97. The molecule has 7 heteroatoms. The quantitative estimate of drug-likeness (QED) is 0.781. The summed E-state index contributed by atoms with van der Waals surface area (Å²) in [4.78, 5) is 30.0. The van der Waals surface area contributed by atoms with Crippen LogP contribution in [0.1, 0.15) is 50.2 Å². The molecule has 2 aliphatic rings. The fourth-order valence-corrected chi connectivity index (χ4v) is 3.37. The normalized spacial score (nSPS) is 21.5. The first-order chi connectivity index (χ1) is 10.1. The molecule has 2 heterocycles. The maximum Gasteiger partial charge on any atom is 0.252 e. The van der Waals surface area contributed by atoms with E-state index in [0.717, 1.165) is 25.7 Å². The van der Waals surface area contributed by atoms with Gasteiger partial charge in [-0.25, -0.2) is 0 Å². The molecule has 0 atom stereocenters. The second kappa shape index (κ2) is 5.55. The van der Waals surface area contributed by atoms with Crippen LogP contribution in [0, 0.1) is 5.41 Å². The molecule has 7 nitrogen and oxygen atoms in total. The molecular weight excluding hydrogens is 274 g/mol. The molecule has 114 valence electrons. The van der Waals surface area contributed by atoms with Gasteiger partial charge in [-0.2, -0.15) is 4.98 Å². The van der Waals surface area contributed by atoms with Crippen LogP contribution in [0.3, 0.4) is 0 Å². The van der Waals surface area contributed by atoms with Gasteiger partial charge in [0.05, 0.1) is 6.54 Å². The van der Waals surface area contributed by atoms with Crippen molar-refractivity contribution >= 4 is 11.8 Å². The summed E-state index contributed by atoms with van der Waals surface area (Å²) in [7, 11) is 1.53. The SMILES string of the molecule is COCc1nc(CN2C(=O)CC3(CCCC3)CC2=O)no1. The minimum absolute atomic E-state index is 0.0802. The van der Waals surface area contributed by atoms with Crippen LogP contribution in [0.5, 0.6) is 0 Å². The maximum atomic E-state index is 12.3. The van der Waals surface area contributed by atoms with Crippen LogP contribution in [-0.4, -0.2) is 34.0 Å². The number of carbonyl (C=O) groups is 2. The lowest BCUT2D eigenvalue weighted by molar-refractivity contribution is -0.154. The van der Waals surface area contributed by atoms with Crippen molar-refractivity contribution in [2.45, 2.75) is 51.7 Å². The van der Waals surface area contributed by atoms with E-state index in [2.05, 4.69) is 10.1 Å². The molecule has 2 amide bonds. The predicted molar refractivity (Wildman–Crippen MR) is 70.7 cm³/mol. The molecule has 0 aromatic carbocycles. The molecule has 1 spiro atoms. The van der Waals surface area contributed by atoms with Crippen molar-refractivity contribution in [3.63, 3.8) is 0 Å². The van der Waals surface area contributed by atoms with Gasteiger partial charge in [-0.15, -0.1) is 0 Å². The summed E-state index contributed by atoms with van der Waals surface area (Å²) in [5.41, 5.74) is -0.0802. The van der Waals surface area contributed by atoms with E-state index < -0.39 is 0 Å². The minimum Gasteiger partial charge on any atom is -0.375 e. The molecule has 0 N–H and O–H groups in total. The Morgan fingerprint density at radius 2 is 1.90 bits per heavy atom. The summed E-state index contributed by atoms with van der Waals surface area (Å²) >= 11 is 0. The molecule has 1 aromatic rings. The number of nitrogens with zero attached hydrogens (tertiary/aromatic N) is 3. The Morgan fingerprint density at radius 3 is 2.52 bits per heavy atom. The van der Waals surface area contributed by atoms with Crippen LogP contribution < -0.4 is 0 Å². The van der Waals surface area contributed by atoms with Gasteiger partial charge in [0.25, 0.3) is 5.89 Å². The zero-order valence-corrected chi connectivity index (χ0v) is 12.1. The van der Waals surface area contributed by atoms with Crippen molar-refractivity contribution in [3.05, 3.63) is 11.7 Å². The number of carbonyl (C=O) groups excluding carboxylic acids is 2. The van der Waals surface area contributed by atoms with Crippen LogP contribution in [0.2, 0.25) is 0 Å². The standard InChI is InChI=1S/C14H19N3O4/c1-20-9-11-15-10(16-21-11)8-17-12(18)6-14(7-13(17)19)4-2-3-5-14/h2-9H2,1H3. The van der Waals surface area contributed by atoms with Crippen molar-refractivity contribution in [1.82, 2.24) is 15.0 Å². The number of likely N-dealkylation sites (tertiary alicyclic amines) is 1. The zero-order chi connectivity index (χ0) is 14.9. The van der Waals surface area contributed by atoms with Gasteiger partial charge in [-0.05, 0) is 18.3 Å². The first kappa shape index (κ1) is 14.2. The number of hydrogen-bond acceptors (Lipinski definition) is 6. The average Bonchev–Trinajstić information content (AvgIpc) is 3.05. The van der Waals surface area contributed by atoms with Crippen molar-refractivity contribution in [1.29, 1.82) is 0 Å². The van der Waals surface area contributed by atoms with E-state index in [1.165, 1.54) is 12.0 Å². The third-order valence-electron chi connectivity index (χ3n) is 4.40. The predicted octanol–water partition coefficient (Wildman–Crippen LogP) is 1.43. The van der Waals surface area contributed by atoms with Crippen molar-refractivity contribution in [3.8, 4) is 0 Å². The highest BCUT2D eigenvalue weighted by Gasteiger charge is 2.45. The van der Waals surface area contributed by atoms with Gasteiger partial charge in [-0.1, -0.05) is 18.0 Å². The van der Waals surface area contributed by atoms with Crippen LogP contribution >= 0.6 is 0 Å². The fraction of sp³-hybridized carbons (Fsp3) is 0.714. The van der Waals surface area contributed by atoms with E-state index in [-0.39, 0.29) is 30.4 Å². The Hall–Kier alpha value is -1.76. The second-order valence-corrected chi connectivity index (χ2v) is 5.97. The highest BCUT2D eigenvalue weighted by Crippen LogP contribution is 2.47. The first-order valence-corrected chi connectivity index (χ1v) is 7.25. The van der Waals surface area contributed by atoms with Crippen molar-refractivity contribution in [2.24, 2.45) is 5.41 Å². The van der Waals surface area contributed by atoms with E-state index in [1.54, 1.807) is 0 Å². The topological polar surface area (TPSA) is 85.5 Å². The van der Waals surface area contributed by atoms with Crippen LogP contribution in [0.25, 0.3) is 0 Å². The van der Waals surface area contributed by atoms with Crippen LogP contribution in [0.4, 0.5) is 0 Å². The molecule has 0 radical (unpaired) electrons. The Labute approximate surface area is 122 Å². The van der Waals surface area contributed by atoms with Gasteiger partial charge in [-0.3, -0.25) is 14.5 Å². The van der Waals surface area contributed by atoms with Crippen molar-refractivity contribution in [2.75, 3.05) is 7.11 Å². The smallest absolute Gasteiger partial charge is 0.252 e. The van der Waals surface area contributed by atoms with Gasteiger partial charge in [0, 0.05) is 20.0 Å². The fourth-order valence-electron chi connectivity index (χ4n) is 3.37. The number of piperidine rings is 1. The zero-order valence-electron chi connectivity index (χ0n) is 12.1. The molecule has 21 heavy (non-hydrogen) atoms. The number of rotatable bonds is 4. The highest BCUT2D eigenvalue weighted by atomic mass is 16.5. The van der Waals surface area contributed by atoms with Gasteiger partial charge in [0.15, 0.2) is 5.82 Å². The number of hydrogen-bond donors (Lipinski definition) is 0. The lowest BCUT2D eigenvalue weighted by atomic mass is 9.76. The van der Waals surface area contributed by atoms with E-state index >= 15 is 0 Å². The van der Waals surface area contributed by atoms with E-state index in [4.69, 9.17) is 9.26 Å². The van der Waals surface area contributed by atoms with E-state index in [1.807, 2.05) is 0 Å². The van der Waals surface area contributed by atoms with Crippen molar-refractivity contribution < 1.29 is 18.8 Å². The largest absolute Gasteiger partial charge is 0.375 e. The molecule has 1 saturated carbocycles. The summed E-state index contributed by atoms with van der Waals surface area (Å²) in [6, 6.07) is 0. The third-order valence-corrected chi connectivity index (χ3v) is 4.40. The molecule has 3 rings (SSSR count). The molecule has 0 unspecified atom stereocenters. The number of methoxy groups -OCH3 is 1. The van der Waals surface area contributed by atoms with Gasteiger partial charge in [0.1, 0.15) is 6.61 Å². The Kier molecular flexibility index (Phi) is 3.75. The van der Waals surface area contributed by atoms with E-state index in [9.17, 15) is 9.59 Å². The molecular formula is C14H19N3O4. The summed E-state index contributed by atoms with van der Waals surface area (Å²) in [6.07, 6.45) is 5.12. The van der Waals surface area contributed by atoms with Crippen LogP contribution in [-0.2, 0) is 27.5 Å². The number of aromatic nitrogens is 2. The summed E-state index contributed by atoms with van der Waals surface area (Å²) < 4.78 is 9.87. The van der Waals surface area contributed by atoms with E-state index in [0.29, 0.717) is 24.6 Å². The highest BCUT2D eigenvalue weighted by molar-refractivity contribution is 5.98. The average molecular weight is 293 g/mol. The van der Waals surface area contributed by atoms with Gasteiger partial charge < -0.3 is 9.26 Å². The number of amides is 2. The van der Waals surface area contributed by atoms with Gasteiger partial charge in [0.2, 0.25) is 11.8 Å². The Morgan fingerprint density at radius 1 is 1.24 bits per heavy atom. The summed E-state index contributed by atoms with van der Waals surface area (Å²) in [5, 5.41) is 3.77. The van der Waals surface area contributed by atoms with Crippen LogP contribution in [0.15, 0.2) is 4.52 Å². The third kappa shape index (κ3) is 2.83. The molecule has 1 aliphatic heterocycles. The number of ether oxygens (including phenoxy) is 1. The molecule has 2 fully saturated rings. The Bertz CT molecular complexity index is 528. The minimum atomic E-state index is -0.119. The molecule has 1 aliphatic carbocycles. The molecule has 0 bridgehead atoms.